The maximum absolute atomic E-state index is 11.9. The van der Waals surface area contributed by atoms with Gasteiger partial charge in [0.15, 0.2) is 0 Å². The van der Waals surface area contributed by atoms with E-state index < -0.39 is 0 Å². The van der Waals surface area contributed by atoms with E-state index in [1.807, 2.05) is 36.1 Å². The molecule has 1 amide bonds. The van der Waals surface area contributed by atoms with E-state index in [4.69, 9.17) is 4.74 Å². The molecule has 0 saturated carbocycles. The van der Waals surface area contributed by atoms with Crippen LogP contribution >= 0.6 is 0 Å². The summed E-state index contributed by atoms with van der Waals surface area (Å²) < 4.78 is 5.63. The fourth-order valence-corrected chi connectivity index (χ4v) is 2.40. The van der Waals surface area contributed by atoms with Gasteiger partial charge in [-0.1, -0.05) is 12.1 Å². The van der Waals surface area contributed by atoms with Crippen molar-refractivity contribution >= 4 is 5.91 Å². The van der Waals surface area contributed by atoms with Crippen LogP contribution in [0.1, 0.15) is 24.8 Å². The highest BCUT2D eigenvalue weighted by molar-refractivity contribution is 5.78. The second kappa shape index (κ2) is 7.90. The van der Waals surface area contributed by atoms with E-state index >= 15 is 0 Å². The molecule has 1 N–H and O–H groups in total. The van der Waals surface area contributed by atoms with Gasteiger partial charge in [-0.25, -0.2) is 0 Å². The third-order valence-electron chi connectivity index (χ3n) is 3.52. The van der Waals surface area contributed by atoms with Crippen molar-refractivity contribution < 1.29 is 9.53 Å². The van der Waals surface area contributed by atoms with Gasteiger partial charge in [0.1, 0.15) is 12.4 Å². The number of nitrogens with one attached hydrogen (secondary N) is 1. The van der Waals surface area contributed by atoms with E-state index in [1.54, 1.807) is 0 Å². The van der Waals surface area contributed by atoms with Crippen LogP contribution in [0.3, 0.4) is 0 Å². The van der Waals surface area contributed by atoms with Crippen molar-refractivity contribution in [3.8, 4) is 5.75 Å². The number of ether oxygens (including phenoxy) is 1. The molecule has 0 aliphatic carbocycles. The third-order valence-corrected chi connectivity index (χ3v) is 3.52. The van der Waals surface area contributed by atoms with Crippen LogP contribution in [0.2, 0.25) is 0 Å². The number of hydrogen-bond acceptors (Lipinski definition) is 3. The van der Waals surface area contributed by atoms with Gasteiger partial charge < -0.3 is 15.0 Å². The first-order valence-corrected chi connectivity index (χ1v) is 7.44. The Hall–Kier alpha value is -1.55. The number of piperidine rings is 1. The Morgan fingerprint density at radius 1 is 1.30 bits per heavy atom. The molecule has 1 saturated heterocycles. The van der Waals surface area contributed by atoms with Gasteiger partial charge in [0.05, 0.1) is 6.54 Å². The number of carbonyl (C=O) groups is 1. The van der Waals surface area contributed by atoms with Crippen LogP contribution in [-0.4, -0.2) is 43.6 Å². The van der Waals surface area contributed by atoms with Gasteiger partial charge in [-0.3, -0.25) is 4.79 Å². The van der Waals surface area contributed by atoms with Crippen molar-refractivity contribution in [2.45, 2.75) is 26.2 Å². The van der Waals surface area contributed by atoms with E-state index in [0.29, 0.717) is 19.7 Å². The summed E-state index contributed by atoms with van der Waals surface area (Å²) in [6, 6.07) is 7.99. The monoisotopic (exact) mass is 276 g/mol. The molecule has 0 aromatic heterocycles. The summed E-state index contributed by atoms with van der Waals surface area (Å²) in [5, 5.41) is 3.15. The lowest BCUT2D eigenvalue weighted by molar-refractivity contribution is -0.131. The van der Waals surface area contributed by atoms with Crippen molar-refractivity contribution in [1.29, 1.82) is 0 Å². The maximum atomic E-state index is 11.9. The minimum Gasteiger partial charge on any atom is -0.492 e. The fourth-order valence-electron chi connectivity index (χ4n) is 2.40. The van der Waals surface area contributed by atoms with E-state index in [9.17, 15) is 4.79 Å². The van der Waals surface area contributed by atoms with Crippen LogP contribution in [0.4, 0.5) is 0 Å². The van der Waals surface area contributed by atoms with Crippen LogP contribution < -0.4 is 10.1 Å². The predicted octanol–water partition coefficient (Wildman–Crippen LogP) is 1.98. The van der Waals surface area contributed by atoms with Crippen molar-refractivity contribution in [3.63, 3.8) is 0 Å². The summed E-state index contributed by atoms with van der Waals surface area (Å²) in [7, 11) is 0. The molecule has 0 unspecified atom stereocenters. The summed E-state index contributed by atoms with van der Waals surface area (Å²) >= 11 is 0. The van der Waals surface area contributed by atoms with E-state index in [0.717, 1.165) is 31.7 Å². The van der Waals surface area contributed by atoms with Gasteiger partial charge in [-0.2, -0.15) is 0 Å². The molecule has 1 fully saturated rings. The molecule has 1 aliphatic rings. The molecular weight excluding hydrogens is 252 g/mol. The zero-order valence-corrected chi connectivity index (χ0v) is 12.2. The summed E-state index contributed by atoms with van der Waals surface area (Å²) in [6.45, 7) is 5.56. The molecule has 110 valence electrons. The molecule has 4 nitrogen and oxygen atoms in total. The molecule has 1 aliphatic heterocycles. The van der Waals surface area contributed by atoms with Crippen LogP contribution in [0, 0.1) is 6.92 Å². The van der Waals surface area contributed by atoms with Crippen molar-refractivity contribution in [2.24, 2.45) is 0 Å². The zero-order valence-electron chi connectivity index (χ0n) is 12.2. The first-order valence-electron chi connectivity index (χ1n) is 7.44. The Morgan fingerprint density at radius 2 is 2.10 bits per heavy atom. The number of nitrogens with zero attached hydrogens (tertiary/aromatic N) is 1. The van der Waals surface area contributed by atoms with Crippen LogP contribution in [-0.2, 0) is 4.79 Å². The van der Waals surface area contributed by atoms with Gasteiger partial charge in [0.25, 0.3) is 0 Å². The SMILES string of the molecule is Cc1cccc(OCCNCC(=O)N2CCCCC2)c1. The molecular formula is C16H24N2O2. The lowest BCUT2D eigenvalue weighted by Gasteiger charge is -2.26. The summed E-state index contributed by atoms with van der Waals surface area (Å²) in [5.41, 5.74) is 1.19. The fraction of sp³-hybridized carbons (Fsp3) is 0.562. The second-order valence-corrected chi connectivity index (χ2v) is 5.28. The summed E-state index contributed by atoms with van der Waals surface area (Å²) in [4.78, 5) is 13.9. The number of amides is 1. The molecule has 0 spiro atoms. The first kappa shape index (κ1) is 14.9. The Balaban J connectivity index is 1.58. The number of likely N-dealkylation sites (tertiary alicyclic amines) is 1. The molecule has 1 aromatic rings. The maximum Gasteiger partial charge on any atom is 0.236 e. The second-order valence-electron chi connectivity index (χ2n) is 5.28. The summed E-state index contributed by atoms with van der Waals surface area (Å²) in [6.07, 6.45) is 3.53. The number of carbonyl (C=O) groups excluding carboxylic acids is 1. The number of hydrogen-bond donors (Lipinski definition) is 1. The van der Waals surface area contributed by atoms with Crippen molar-refractivity contribution in [1.82, 2.24) is 10.2 Å². The Kier molecular flexibility index (Phi) is 5.87. The van der Waals surface area contributed by atoms with Crippen LogP contribution in [0.25, 0.3) is 0 Å². The topological polar surface area (TPSA) is 41.6 Å². The lowest BCUT2D eigenvalue weighted by Crippen LogP contribution is -2.41. The average molecular weight is 276 g/mol. The van der Waals surface area contributed by atoms with Crippen LogP contribution in [0.5, 0.6) is 5.75 Å². The normalized spacial score (nSPS) is 15.2. The summed E-state index contributed by atoms with van der Waals surface area (Å²) in [5.74, 6) is 1.09. The first-order chi connectivity index (χ1) is 9.75. The Labute approximate surface area is 121 Å². The highest BCUT2D eigenvalue weighted by atomic mass is 16.5. The largest absolute Gasteiger partial charge is 0.492 e. The van der Waals surface area contributed by atoms with Crippen molar-refractivity contribution in [2.75, 3.05) is 32.8 Å². The quantitative estimate of drug-likeness (QED) is 0.808. The standard InChI is InChI=1S/C16H24N2O2/c1-14-6-5-7-15(12-14)20-11-8-17-13-16(19)18-9-3-2-4-10-18/h5-7,12,17H,2-4,8-11,13H2,1H3. The molecule has 1 aromatic carbocycles. The molecule has 20 heavy (non-hydrogen) atoms. The number of benzene rings is 1. The Bertz CT molecular complexity index is 428. The average Bonchev–Trinajstić information content (AvgIpc) is 2.48. The third kappa shape index (κ3) is 4.85. The van der Waals surface area contributed by atoms with Crippen LogP contribution in [0.15, 0.2) is 24.3 Å². The molecule has 0 bridgehead atoms. The lowest BCUT2D eigenvalue weighted by atomic mass is 10.1. The molecule has 4 heteroatoms. The smallest absolute Gasteiger partial charge is 0.236 e. The van der Waals surface area contributed by atoms with Gasteiger partial charge in [-0.15, -0.1) is 0 Å². The number of aryl methyl sites for hydroxylation is 1. The van der Waals surface area contributed by atoms with Crippen molar-refractivity contribution in [3.05, 3.63) is 29.8 Å². The van der Waals surface area contributed by atoms with Gasteiger partial charge in [0.2, 0.25) is 5.91 Å². The van der Waals surface area contributed by atoms with Gasteiger partial charge in [0, 0.05) is 19.6 Å². The highest BCUT2D eigenvalue weighted by Gasteiger charge is 2.15. The minimum absolute atomic E-state index is 0.209. The zero-order chi connectivity index (χ0) is 14.2. The van der Waals surface area contributed by atoms with E-state index in [-0.39, 0.29) is 5.91 Å². The molecule has 0 atom stereocenters. The highest BCUT2D eigenvalue weighted by Crippen LogP contribution is 2.11. The molecule has 0 radical (unpaired) electrons. The Morgan fingerprint density at radius 3 is 2.85 bits per heavy atom. The van der Waals surface area contributed by atoms with E-state index in [2.05, 4.69) is 5.32 Å². The molecule has 2 rings (SSSR count). The predicted molar refractivity (Wildman–Crippen MR) is 80.0 cm³/mol. The van der Waals surface area contributed by atoms with E-state index in [1.165, 1.54) is 12.0 Å². The number of rotatable bonds is 6. The minimum atomic E-state index is 0.209. The van der Waals surface area contributed by atoms with Gasteiger partial charge >= 0.3 is 0 Å². The van der Waals surface area contributed by atoms with Gasteiger partial charge in [-0.05, 0) is 43.9 Å². The molecule has 1 heterocycles.